The normalized spacial score (nSPS) is 13.9. The van der Waals surface area contributed by atoms with Crippen LogP contribution in [-0.4, -0.2) is 28.4 Å². The Morgan fingerprint density at radius 1 is 1.12 bits per heavy atom. The Balaban J connectivity index is 0.00000241. The lowest BCUT2D eigenvalue weighted by Gasteiger charge is -2.30. The highest BCUT2D eigenvalue weighted by Gasteiger charge is 2.29. The molecule has 1 aliphatic rings. The highest BCUT2D eigenvalue weighted by Crippen LogP contribution is 2.46. The predicted octanol–water partition coefficient (Wildman–Crippen LogP) is 7.21. The van der Waals surface area contributed by atoms with E-state index >= 15 is 0 Å². The number of carbonyl (C=O) groups excluding carboxylic acids is 1. The molecular weight excluding hydrogens is 486 g/mol. The fourth-order valence-electron chi connectivity index (χ4n) is 4.42. The van der Waals surface area contributed by atoms with Crippen molar-refractivity contribution in [3.63, 3.8) is 0 Å². The van der Waals surface area contributed by atoms with Gasteiger partial charge in [-0.2, -0.15) is 0 Å². The number of nitrogens with one attached hydrogen (secondary N) is 1. The molecule has 0 saturated heterocycles. The average Bonchev–Trinajstić information content (AvgIpc) is 3.52. The van der Waals surface area contributed by atoms with E-state index in [9.17, 15) is 4.79 Å². The van der Waals surface area contributed by atoms with E-state index in [4.69, 9.17) is 9.40 Å². The molecule has 4 heterocycles. The number of nitrogens with zero attached hydrogens (tertiary/aromatic N) is 2. The SMILES string of the molecule is CC(C)N1CCc2c(sc(NC(=O)c3cc4ccccc4o3)c2-c2nc3ccccc3s2)C1.Cl. The summed E-state index contributed by atoms with van der Waals surface area (Å²) in [5.41, 5.74) is 4.10. The van der Waals surface area contributed by atoms with Gasteiger partial charge in [0.05, 0.1) is 10.2 Å². The van der Waals surface area contributed by atoms with E-state index in [1.165, 1.54) is 10.4 Å². The van der Waals surface area contributed by atoms with Gasteiger partial charge >= 0.3 is 0 Å². The van der Waals surface area contributed by atoms with Crippen molar-refractivity contribution in [2.75, 3.05) is 11.9 Å². The van der Waals surface area contributed by atoms with Crippen LogP contribution in [-0.2, 0) is 13.0 Å². The number of hydrogen-bond donors (Lipinski definition) is 1. The lowest BCUT2D eigenvalue weighted by atomic mass is 10.0. The molecule has 5 aromatic rings. The quantitative estimate of drug-likeness (QED) is 0.278. The zero-order chi connectivity index (χ0) is 22.5. The molecule has 0 spiro atoms. The Morgan fingerprint density at radius 3 is 2.71 bits per heavy atom. The number of anilines is 1. The third-order valence-electron chi connectivity index (χ3n) is 6.20. The second-order valence-electron chi connectivity index (χ2n) is 8.61. The van der Waals surface area contributed by atoms with Gasteiger partial charge in [-0.15, -0.1) is 35.1 Å². The van der Waals surface area contributed by atoms with Gasteiger partial charge in [0.25, 0.3) is 5.91 Å². The summed E-state index contributed by atoms with van der Waals surface area (Å²) in [4.78, 5) is 21.9. The molecule has 0 radical (unpaired) electrons. The van der Waals surface area contributed by atoms with Crippen molar-refractivity contribution < 1.29 is 9.21 Å². The Kier molecular flexibility index (Phi) is 6.20. The molecule has 5 nitrogen and oxygen atoms in total. The molecule has 1 amide bonds. The molecule has 6 rings (SSSR count). The van der Waals surface area contributed by atoms with E-state index < -0.39 is 0 Å². The zero-order valence-electron chi connectivity index (χ0n) is 18.8. The minimum Gasteiger partial charge on any atom is -0.451 e. The van der Waals surface area contributed by atoms with Crippen molar-refractivity contribution in [3.8, 4) is 10.6 Å². The van der Waals surface area contributed by atoms with Crippen LogP contribution in [0.4, 0.5) is 5.00 Å². The number of thiophene rings is 1. The summed E-state index contributed by atoms with van der Waals surface area (Å²) in [6, 6.07) is 18.2. The summed E-state index contributed by atoms with van der Waals surface area (Å²) in [7, 11) is 0. The van der Waals surface area contributed by atoms with Crippen LogP contribution in [0.25, 0.3) is 31.8 Å². The molecule has 0 aliphatic carbocycles. The van der Waals surface area contributed by atoms with Crippen LogP contribution in [0.5, 0.6) is 0 Å². The summed E-state index contributed by atoms with van der Waals surface area (Å²) in [5.74, 6) is 0.0921. The number of furan rings is 1. The average molecular weight is 510 g/mol. The molecule has 0 bridgehead atoms. The minimum absolute atomic E-state index is 0. The second kappa shape index (κ2) is 9.15. The number of benzene rings is 2. The third kappa shape index (κ3) is 4.03. The van der Waals surface area contributed by atoms with Crippen molar-refractivity contribution >= 4 is 67.2 Å². The summed E-state index contributed by atoms with van der Waals surface area (Å²) < 4.78 is 6.97. The summed E-state index contributed by atoms with van der Waals surface area (Å²) in [6.07, 6.45) is 0.954. The van der Waals surface area contributed by atoms with E-state index in [0.29, 0.717) is 17.4 Å². The number of rotatable bonds is 4. The van der Waals surface area contributed by atoms with E-state index in [-0.39, 0.29) is 18.3 Å². The van der Waals surface area contributed by atoms with Crippen molar-refractivity contribution in [3.05, 3.63) is 70.8 Å². The zero-order valence-corrected chi connectivity index (χ0v) is 21.3. The van der Waals surface area contributed by atoms with Gasteiger partial charge in [0.2, 0.25) is 0 Å². The van der Waals surface area contributed by atoms with Gasteiger partial charge in [-0.25, -0.2) is 4.98 Å². The van der Waals surface area contributed by atoms with Crippen LogP contribution in [0, 0.1) is 0 Å². The molecule has 0 fully saturated rings. The van der Waals surface area contributed by atoms with Crippen LogP contribution in [0.2, 0.25) is 0 Å². The standard InChI is InChI=1S/C26H23N3O2S2.ClH/c1-15(2)29-12-11-17-22(14-29)33-26(23(17)25-27-18-8-4-6-10-21(18)32-25)28-24(30)20-13-16-7-3-5-9-19(16)31-20;/h3-10,13,15H,11-12,14H2,1-2H3,(H,28,30);1H. The Labute approximate surface area is 211 Å². The number of fused-ring (bicyclic) bond motifs is 3. The van der Waals surface area contributed by atoms with E-state index in [2.05, 4.69) is 30.1 Å². The molecule has 0 unspecified atom stereocenters. The van der Waals surface area contributed by atoms with Gasteiger partial charge in [-0.05, 0) is 50.1 Å². The Hall–Kier alpha value is -2.71. The maximum absolute atomic E-state index is 13.2. The first kappa shape index (κ1) is 23.1. The number of amides is 1. The number of hydrogen-bond acceptors (Lipinski definition) is 6. The first-order valence-corrected chi connectivity index (χ1v) is 12.7. The van der Waals surface area contributed by atoms with Crippen molar-refractivity contribution in [2.45, 2.75) is 32.9 Å². The first-order valence-electron chi connectivity index (χ1n) is 11.1. The molecule has 1 aliphatic heterocycles. The van der Waals surface area contributed by atoms with Gasteiger partial charge in [-0.3, -0.25) is 9.69 Å². The van der Waals surface area contributed by atoms with E-state index in [1.807, 2.05) is 42.5 Å². The lowest BCUT2D eigenvalue weighted by Crippen LogP contribution is -2.35. The molecule has 8 heteroatoms. The first-order chi connectivity index (χ1) is 16.1. The highest BCUT2D eigenvalue weighted by atomic mass is 35.5. The van der Waals surface area contributed by atoms with Gasteiger partial charge in [0.1, 0.15) is 15.6 Å². The molecule has 0 atom stereocenters. The highest BCUT2D eigenvalue weighted by molar-refractivity contribution is 7.23. The summed E-state index contributed by atoms with van der Waals surface area (Å²) in [5, 5.41) is 5.91. The Bertz CT molecular complexity index is 1430. The van der Waals surface area contributed by atoms with E-state index in [1.54, 1.807) is 28.7 Å². The van der Waals surface area contributed by atoms with Gasteiger partial charge in [0, 0.05) is 35.0 Å². The number of carbonyl (C=O) groups is 1. The second-order valence-corrected chi connectivity index (χ2v) is 10.7. The summed E-state index contributed by atoms with van der Waals surface area (Å²) in [6.45, 7) is 6.38. The van der Waals surface area contributed by atoms with Gasteiger partial charge in [0.15, 0.2) is 5.76 Å². The lowest BCUT2D eigenvalue weighted by molar-refractivity contribution is 0.0999. The fraction of sp³-hybridized carbons (Fsp3) is 0.231. The fourth-order valence-corrected chi connectivity index (χ4v) is 6.79. The molecule has 3 aromatic heterocycles. The number of aromatic nitrogens is 1. The van der Waals surface area contributed by atoms with Crippen LogP contribution >= 0.6 is 35.1 Å². The van der Waals surface area contributed by atoms with Crippen molar-refractivity contribution in [1.29, 1.82) is 0 Å². The van der Waals surface area contributed by atoms with Crippen LogP contribution in [0.3, 0.4) is 0 Å². The van der Waals surface area contributed by atoms with Crippen LogP contribution in [0.1, 0.15) is 34.8 Å². The van der Waals surface area contributed by atoms with Gasteiger partial charge in [-0.1, -0.05) is 30.3 Å². The maximum atomic E-state index is 13.2. The van der Waals surface area contributed by atoms with Crippen LogP contribution < -0.4 is 5.32 Å². The van der Waals surface area contributed by atoms with Crippen molar-refractivity contribution in [1.82, 2.24) is 9.88 Å². The molecule has 2 aromatic carbocycles. The number of para-hydroxylation sites is 2. The number of thiazole rings is 1. The third-order valence-corrected chi connectivity index (χ3v) is 8.39. The topological polar surface area (TPSA) is 58.4 Å². The van der Waals surface area contributed by atoms with E-state index in [0.717, 1.165) is 50.7 Å². The Morgan fingerprint density at radius 2 is 1.91 bits per heavy atom. The molecule has 34 heavy (non-hydrogen) atoms. The predicted molar refractivity (Wildman–Crippen MR) is 144 cm³/mol. The molecular formula is C26H24ClN3O2S2. The van der Waals surface area contributed by atoms with Crippen molar-refractivity contribution in [2.24, 2.45) is 0 Å². The molecule has 1 N–H and O–H groups in total. The maximum Gasteiger partial charge on any atom is 0.292 e. The smallest absolute Gasteiger partial charge is 0.292 e. The largest absolute Gasteiger partial charge is 0.451 e. The molecule has 174 valence electrons. The monoisotopic (exact) mass is 509 g/mol. The van der Waals surface area contributed by atoms with Gasteiger partial charge < -0.3 is 9.73 Å². The number of halogens is 1. The van der Waals surface area contributed by atoms with Crippen LogP contribution in [0.15, 0.2) is 59.0 Å². The summed E-state index contributed by atoms with van der Waals surface area (Å²) >= 11 is 3.35. The molecule has 0 saturated carbocycles. The minimum atomic E-state index is -0.229.